The number of nitrogens with two attached hydrogens (primary N) is 1. The minimum atomic E-state index is -0.205. The van der Waals surface area contributed by atoms with E-state index in [0.29, 0.717) is 5.17 Å². The maximum Gasteiger partial charge on any atom is 0.259 e. The van der Waals surface area contributed by atoms with Gasteiger partial charge in [0.25, 0.3) is 5.17 Å². The molecule has 0 radical (unpaired) electrons. The van der Waals surface area contributed by atoms with Crippen molar-refractivity contribution in [2.24, 2.45) is 5.73 Å². The molecule has 1 unspecified atom stereocenters. The Kier molecular flexibility index (Phi) is 3.14. The molecule has 4 heteroatoms. The molecule has 3 nitrogen and oxygen atoms in total. The molecule has 0 aromatic rings. The Morgan fingerprint density at radius 2 is 2.15 bits per heavy atom. The van der Waals surface area contributed by atoms with Gasteiger partial charge in [0.1, 0.15) is 5.60 Å². The van der Waals surface area contributed by atoms with Gasteiger partial charge in [0, 0.05) is 19.1 Å². The van der Waals surface area contributed by atoms with Crippen LogP contribution < -0.4 is 5.73 Å². The molecule has 0 amide bonds. The first-order valence-corrected chi connectivity index (χ1v) is 5.03. The second-order valence-electron chi connectivity index (χ2n) is 4.48. The van der Waals surface area contributed by atoms with E-state index in [-0.39, 0.29) is 11.6 Å². The van der Waals surface area contributed by atoms with Crippen LogP contribution in [0.25, 0.3) is 0 Å². The molecular formula is C9H18N2OS. The van der Waals surface area contributed by atoms with Crippen LogP contribution in [0, 0.1) is 0 Å². The molecule has 0 saturated carbocycles. The molecule has 1 heterocycles. The summed E-state index contributed by atoms with van der Waals surface area (Å²) in [7, 11) is 0. The zero-order valence-corrected chi connectivity index (χ0v) is 9.36. The molecule has 1 rings (SSSR count). The lowest BCUT2D eigenvalue weighted by molar-refractivity contribution is 0.0975. The Morgan fingerprint density at radius 3 is 2.54 bits per heavy atom. The van der Waals surface area contributed by atoms with Crippen LogP contribution >= 0.6 is 12.2 Å². The minimum Gasteiger partial charge on any atom is -0.465 e. The highest BCUT2D eigenvalue weighted by Crippen LogP contribution is 2.14. The predicted molar refractivity (Wildman–Crippen MR) is 57.6 cm³/mol. The van der Waals surface area contributed by atoms with E-state index in [1.807, 2.05) is 25.7 Å². The van der Waals surface area contributed by atoms with Gasteiger partial charge in [-0.05, 0) is 39.4 Å². The molecule has 1 aliphatic heterocycles. The van der Waals surface area contributed by atoms with Gasteiger partial charge in [-0.2, -0.15) is 0 Å². The summed E-state index contributed by atoms with van der Waals surface area (Å²) < 4.78 is 5.57. The Hall–Kier alpha value is -0.350. The van der Waals surface area contributed by atoms with Gasteiger partial charge < -0.3 is 15.4 Å². The fourth-order valence-electron chi connectivity index (χ4n) is 1.28. The van der Waals surface area contributed by atoms with E-state index in [2.05, 4.69) is 0 Å². The standard InChI is InChI=1S/C9H18N2OS/c1-9(2,3)12-8(13)11-5-4-7(10)6-11/h7H,4-6,10H2,1-3H3. The SMILES string of the molecule is CC(C)(C)OC(=S)N1CCC(N)C1. The normalized spacial score (nSPS) is 23.4. The number of likely N-dealkylation sites (tertiary alicyclic amines) is 1. The second-order valence-corrected chi connectivity index (χ2v) is 4.82. The quantitative estimate of drug-likeness (QED) is 0.597. The summed E-state index contributed by atoms with van der Waals surface area (Å²) in [5.74, 6) is 0. The first kappa shape index (κ1) is 10.7. The van der Waals surface area contributed by atoms with Gasteiger partial charge in [0.15, 0.2) is 0 Å². The number of thiocarbonyl (C=S) groups is 1. The highest BCUT2D eigenvalue weighted by atomic mass is 32.1. The Balaban J connectivity index is 2.41. The Labute approximate surface area is 85.2 Å². The first-order chi connectivity index (χ1) is 5.88. The lowest BCUT2D eigenvalue weighted by Gasteiger charge is -2.26. The summed E-state index contributed by atoms with van der Waals surface area (Å²) in [5, 5.41) is 0.584. The van der Waals surface area contributed by atoms with Gasteiger partial charge >= 0.3 is 0 Å². The molecule has 76 valence electrons. The van der Waals surface area contributed by atoms with Crippen molar-refractivity contribution in [1.82, 2.24) is 4.90 Å². The molecule has 1 atom stereocenters. The largest absolute Gasteiger partial charge is 0.465 e. The van der Waals surface area contributed by atoms with Crippen LogP contribution in [0.4, 0.5) is 0 Å². The first-order valence-electron chi connectivity index (χ1n) is 4.62. The molecule has 0 bridgehead atoms. The molecule has 1 fully saturated rings. The number of ether oxygens (including phenoxy) is 1. The van der Waals surface area contributed by atoms with Crippen molar-refractivity contribution in [3.8, 4) is 0 Å². The van der Waals surface area contributed by atoms with Crippen molar-refractivity contribution in [3.63, 3.8) is 0 Å². The average Bonchev–Trinajstić information content (AvgIpc) is 2.31. The molecular weight excluding hydrogens is 184 g/mol. The van der Waals surface area contributed by atoms with Crippen molar-refractivity contribution in [2.75, 3.05) is 13.1 Å². The lowest BCUT2D eigenvalue weighted by atomic mass is 10.2. The van der Waals surface area contributed by atoms with Crippen LogP contribution in [-0.4, -0.2) is 34.8 Å². The zero-order chi connectivity index (χ0) is 10.1. The Bertz CT molecular complexity index is 200. The van der Waals surface area contributed by atoms with Gasteiger partial charge in [-0.1, -0.05) is 0 Å². The van der Waals surface area contributed by atoms with E-state index >= 15 is 0 Å². The van der Waals surface area contributed by atoms with Crippen LogP contribution in [0.5, 0.6) is 0 Å². The van der Waals surface area contributed by atoms with Crippen LogP contribution in [0.3, 0.4) is 0 Å². The van der Waals surface area contributed by atoms with Crippen LogP contribution in [-0.2, 0) is 4.74 Å². The van der Waals surface area contributed by atoms with Crippen molar-refractivity contribution in [3.05, 3.63) is 0 Å². The molecule has 2 N–H and O–H groups in total. The summed E-state index contributed by atoms with van der Waals surface area (Å²) in [4.78, 5) is 2.03. The maximum atomic E-state index is 5.77. The summed E-state index contributed by atoms with van der Waals surface area (Å²) in [6.07, 6.45) is 1.01. The van der Waals surface area contributed by atoms with Crippen molar-refractivity contribution in [2.45, 2.75) is 38.8 Å². The highest BCUT2D eigenvalue weighted by Gasteiger charge is 2.24. The van der Waals surface area contributed by atoms with Gasteiger partial charge in [-0.25, -0.2) is 0 Å². The summed E-state index contributed by atoms with van der Waals surface area (Å²) in [6, 6.07) is 0.251. The monoisotopic (exact) mass is 202 g/mol. The zero-order valence-electron chi connectivity index (χ0n) is 8.54. The summed E-state index contributed by atoms with van der Waals surface area (Å²) in [6.45, 7) is 7.74. The summed E-state index contributed by atoms with van der Waals surface area (Å²) >= 11 is 5.16. The van der Waals surface area contributed by atoms with Crippen LogP contribution in [0.1, 0.15) is 27.2 Å². The predicted octanol–water partition coefficient (Wildman–Crippen LogP) is 1.12. The van der Waals surface area contributed by atoms with E-state index in [4.69, 9.17) is 22.7 Å². The third kappa shape index (κ3) is 3.48. The van der Waals surface area contributed by atoms with Gasteiger partial charge in [0.2, 0.25) is 0 Å². The smallest absolute Gasteiger partial charge is 0.259 e. The van der Waals surface area contributed by atoms with Gasteiger partial charge in [-0.15, -0.1) is 0 Å². The van der Waals surface area contributed by atoms with Crippen LogP contribution in [0.15, 0.2) is 0 Å². The summed E-state index contributed by atoms with van der Waals surface area (Å²) in [5.41, 5.74) is 5.57. The van der Waals surface area contributed by atoms with E-state index in [1.54, 1.807) is 0 Å². The van der Waals surface area contributed by atoms with Gasteiger partial charge in [0.05, 0.1) is 0 Å². The topological polar surface area (TPSA) is 38.5 Å². The third-order valence-electron chi connectivity index (χ3n) is 1.88. The molecule has 0 spiro atoms. The molecule has 1 saturated heterocycles. The number of hydrogen-bond acceptors (Lipinski definition) is 3. The molecule has 0 aromatic carbocycles. The number of hydrogen-bond donors (Lipinski definition) is 1. The minimum absolute atomic E-state index is 0.205. The second kappa shape index (κ2) is 3.80. The molecule has 1 aliphatic rings. The van der Waals surface area contributed by atoms with E-state index in [0.717, 1.165) is 19.5 Å². The van der Waals surface area contributed by atoms with Crippen molar-refractivity contribution >= 4 is 17.4 Å². The third-order valence-corrected chi connectivity index (χ3v) is 2.22. The van der Waals surface area contributed by atoms with Crippen molar-refractivity contribution < 1.29 is 4.74 Å². The number of rotatable bonds is 0. The van der Waals surface area contributed by atoms with Crippen molar-refractivity contribution in [1.29, 1.82) is 0 Å². The maximum absolute atomic E-state index is 5.77. The highest BCUT2D eigenvalue weighted by molar-refractivity contribution is 7.80. The van der Waals surface area contributed by atoms with E-state index in [1.165, 1.54) is 0 Å². The van der Waals surface area contributed by atoms with E-state index < -0.39 is 0 Å². The number of nitrogens with zero attached hydrogens (tertiary/aromatic N) is 1. The van der Waals surface area contributed by atoms with Gasteiger partial charge in [-0.3, -0.25) is 0 Å². The molecule has 0 aliphatic carbocycles. The van der Waals surface area contributed by atoms with E-state index in [9.17, 15) is 0 Å². The molecule has 13 heavy (non-hydrogen) atoms. The van der Waals surface area contributed by atoms with Crippen LogP contribution in [0.2, 0.25) is 0 Å². The lowest BCUT2D eigenvalue weighted by Crippen LogP contribution is -2.36. The fraction of sp³-hybridized carbons (Fsp3) is 0.889. The molecule has 0 aromatic heterocycles. The Morgan fingerprint density at radius 1 is 1.54 bits per heavy atom. The fourth-order valence-corrected chi connectivity index (χ4v) is 1.70. The average molecular weight is 202 g/mol.